The fraction of sp³-hybridized carbons (Fsp3) is 0.667. The number of amides is 1. The molecule has 0 aliphatic rings. The zero-order valence-corrected chi connectivity index (χ0v) is 13.4. The molecular weight excluding hydrogens is 296 g/mol. The first-order valence-electron chi connectivity index (χ1n) is 6.75. The summed E-state index contributed by atoms with van der Waals surface area (Å²) in [6.45, 7) is 4.82. The summed E-state index contributed by atoms with van der Waals surface area (Å²) in [7, 11) is -2.49. The van der Waals surface area contributed by atoms with E-state index in [0.717, 1.165) is 0 Å². The summed E-state index contributed by atoms with van der Waals surface area (Å²) < 4.78 is 28.5. The average molecular weight is 318 g/mol. The van der Waals surface area contributed by atoms with E-state index >= 15 is 0 Å². The van der Waals surface area contributed by atoms with Gasteiger partial charge in [-0.25, -0.2) is 13.6 Å². The lowest BCUT2D eigenvalue weighted by Crippen LogP contribution is -2.35. The minimum absolute atomic E-state index is 0.154. The van der Waals surface area contributed by atoms with Gasteiger partial charge in [-0.2, -0.15) is 5.10 Å². The molecule has 0 saturated carbocycles. The minimum atomic E-state index is -4.02. The maximum absolute atomic E-state index is 12.4. The number of nitrogens with one attached hydrogen (secondary N) is 1. The molecular formula is C12H22N4O4S. The van der Waals surface area contributed by atoms with E-state index in [-0.39, 0.29) is 10.6 Å². The maximum atomic E-state index is 12.4. The number of likely N-dealkylation sites (N-methyl/N-ethyl adjacent to an activating group) is 1. The maximum Gasteiger partial charge on any atom is 0.275 e. The number of aromatic amines is 1. The van der Waals surface area contributed by atoms with E-state index in [1.807, 2.05) is 6.92 Å². The van der Waals surface area contributed by atoms with Crippen LogP contribution in [0.25, 0.3) is 0 Å². The van der Waals surface area contributed by atoms with Crippen LogP contribution in [0.4, 0.5) is 0 Å². The van der Waals surface area contributed by atoms with Crippen LogP contribution >= 0.6 is 0 Å². The van der Waals surface area contributed by atoms with Crippen LogP contribution in [0.3, 0.4) is 0 Å². The van der Waals surface area contributed by atoms with Crippen LogP contribution in [0.1, 0.15) is 36.5 Å². The predicted octanol–water partition coefficient (Wildman–Crippen LogP) is 0.118. The zero-order valence-electron chi connectivity index (χ0n) is 12.5. The van der Waals surface area contributed by atoms with Crippen LogP contribution < -0.4 is 5.14 Å². The molecule has 0 atom stereocenters. The quantitative estimate of drug-likeness (QED) is 0.705. The standard InChI is InChI=1S/C12H22N4O4S/c1-4-6-9-11(21(13,18)19)10(15-14-9)12(17)16(5-2)7-8-20-3/h4-8H2,1-3H3,(H,14,15)(H2,13,18,19). The molecule has 21 heavy (non-hydrogen) atoms. The highest BCUT2D eigenvalue weighted by Gasteiger charge is 2.29. The van der Waals surface area contributed by atoms with Crippen LogP contribution in [-0.2, 0) is 21.2 Å². The van der Waals surface area contributed by atoms with E-state index in [1.165, 1.54) is 12.0 Å². The Morgan fingerprint density at radius 3 is 2.57 bits per heavy atom. The Bertz CT molecular complexity index is 582. The molecule has 0 aliphatic heterocycles. The van der Waals surface area contributed by atoms with Crippen LogP contribution in [0.2, 0.25) is 0 Å². The number of primary sulfonamides is 1. The van der Waals surface area contributed by atoms with Crippen molar-refractivity contribution in [1.29, 1.82) is 0 Å². The van der Waals surface area contributed by atoms with E-state index in [0.29, 0.717) is 38.2 Å². The first-order chi connectivity index (χ1) is 9.86. The SMILES string of the molecule is CCCc1[nH]nc(C(=O)N(CC)CCOC)c1S(N)(=O)=O. The molecule has 8 nitrogen and oxygen atoms in total. The number of nitrogens with zero attached hydrogens (tertiary/aromatic N) is 2. The number of nitrogens with two attached hydrogens (primary N) is 1. The number of H-pyrrole nitrogens is 1. The lowest BCUT2D eigenvalue weighted by atomic mass is 10.2. The summed E-state index contributed by atoms with van der Waals surface area (Å²) in [6.07, 6.45) is 1.16. The number of ether oxygens (including phenoxy) is 1. The van der Waals surface area contributed by atoms with Crippen LogP contribution in [0.5, 0.6) is 0 Å². The van der Waals surface area contributed by atoms with Crippen LogP contribution in [0.15, 0.2) is 4.90 Å². The van der Waals surface area contributed by atoms with E-state index < -0.39 is 15.9 Å². The van der Waals surface area contributed by atoms with Crippen molar-refractivity contribution in [2.45, 2.75) is 31.6 Å². The van der Waals surface area contributed by atoms with Gasteiger partial charge < -0.3 is 9.64 Å². The monoisotopic (exact) mass is 318 g/mol. The lowest BCUT2D eigenvalue weighted by Gasteiger charge is -2.19. The molecule has 1 rings (SSSR count). The van der Waals surface area contributed by atoms with Gasteiger partial charge in [0.2, 0.25) is 10.0 Å². The molecule has 0 unspecified atom stereocenters. The normalized spacial score (nSPS) is 11.6. The number of hydrogen-bond acceptors (Lipinski definition) is 5. The highest BCUT2D eigenvalue weighted by molar-refractivity contribution is 7.89. The molecule has 0 radical (unpaired) electrons. The van der Waals surface area contributed by atoms with E-state index in [9.17, 15) is 13.2 Å². The molecule has 3 N–H and O–H groups in total. The number of aromatic nitrogens is 2. The molecule has 0 saturated heterocycles. The van der Waals surface area contributed by atoms with Gasteiger partial charge in [0.05, 0.1) is 12.3 Å². The van der Waals surface area contributed by atoms with Crippen molar-refractivity contribution in [3.63, 3.8) is 0 Å². The second-order valence-corrected chi connectivity index (χ2v) is 6.05. The van der Waals surface area contributed by atoms with Gasteiger partial charge >= 0.3 is 0 Å². The Hall–Kier alpha value is -1.45. The number of hydrogen-bond donors (Lipinski definition) is 2. The van der Waals surface area contributed by atoms with Crippen LogP contribution in [0, 0.1) is 0 Å². The number of carbonyl (C=O) groups excluding carboxylic acids is 1. The van der Waals surface area contributed by atoms with Crippen LogP contribution in [-0.4, -0.2) is 56.2 Å². The lowest BCUT2D eigenvalue weighted by molar-refractivity contribution is 0.0697. The molecule has 0 spiro atoms. The third-order valence-corrected chi connectivity index (χ3v) is 4.02. The van der Waals surface area contributed by atoms with Crippen molar-refractivity contribution in [3.8, 4) is 0 Å². The Morgan fingerprint density at radius 1 is 1.43 bits per heavy atom. The number of carbonyl (C=O) groups is 1. The molecule has 1 aromatic rings. The van der Waals surface area contributed by atoms with Crippen molar-refractivity contribution in [2.24, 2.45) is 5.14 Å². The molecule has 0 aromatic carbocycles. The number of sulfonamides is 1. The van der Waals surface area contributed by atoms with Gasteiger partial charge in [-0.1, -0.05) is 13.3 Å². The Morgan fingerprint density at radius 2 is 2.10 bits per heavy atom. The van der Waals surface area contributed by atoms with Crippen molar-refractivity contribution in [3.05, 3.63) is 11.4 Å². The molecule has 120 valence electrons. The zero-order chi connectivity index (χ0) is 16.0. The van der Waals surface area contributed by atoms with Gasteiger partial charge in [0.1, 0.15) is 4.90 Å². The average Bonchev–Trinajstić information content (AvgIpc) is 2.83. The van der Waals surface area contributed by atoms with Crippen molar-refractivity contribution in [2.75, 3.05) is 26.8 Å². The molecule has 0 bridgehead atoms. The Kier molecular flexibility index (Phi) is 6.31. The third-order valence-electron chi connectivity index (χ3n) is 3.01. The molecule has 1 amide bonds. The molecule has 9 heteroatoms. The summed E-state index contributed by atoms with van der Waals surface area (Å²) in [5.74, 6) is -0.475. The number of aryl methyl sites for hydroxylation is 1. The van der Waals surface area contributed by atoms with E-state index in [4.69, 9.17) is 9.88 Å². The van der Waals surface area contributed by atoms with Gasteiger partial charge in [0.25, 0.3) is 5.91 Å². The smallest absolute Gasteiger partial charge is 0.275 e. The third kappa shape index (κ3) is 4.26. The van der Waals surface area contributed by atoms with Crippen molar-refractivity contribution < 1.29 is 17.9 Å². The summed E-state index contributed by atoms with van der Waals surface area (Å²) in [5, 5.41) is 11.7. The Balaban J connectivity index is 3.20. The summed E-state index contributed by atoms with van der Waals surface area (Å²) in [4.78, 5) is 13.7. The number of rotatable bonds is 8. The van der Waals surface area contributed by atoms with Gasteiger partial charge in [0, 0.05) is 20.2 Å². The summed E-state index contributed by atoms with van der Waals surface area (Å²) >= 11 is 0. The fourth-order valence-electron chi connectivity index (χ4n) is 1.99. The molecule has 1 heterocycles. The summed E-state index contributed by atoms with van der Waals surface area (Å²) in [5.41, 5.74) is 0.213. The largest absolute Gasteiger partial charge is 0.383 e. The summed E-state index contributed by atoms with van der Waals surface area (Å²) in [6, 6.07) is 0. The van der Waals surface area contributed by atoms with Gasteiger partial charge in [-0.15, -0.1) is 0 Å². The topological polar surface area (TPSA) is 118 Å². The second-order valence-electron chi connectivity index (χ2n) is 4.55. The van der Waals surface area contributed by atoms with Crippen molar-refractivity contribution in [1.82, 2.24) is 15.1 Å². The first kappa shape index (κ1) is 17.6. The molecule has 1 aromatic heterocycles. The minimum Gasteiger partial charge on any atom is -0.383 e. The second kappa shape index (κ2) is 7.53. The fourth-order valence-corrected chi connectivity index (χ4v) is 2.89. The van der Waals surface area contributed by atoms with Gasteiger partial charge in [-0.05, 0) is 13.3 Å². The van der Waals surface area contributed by atoms with Gasteiger partial charge in [0.15, 0.2) is 5.69 Å². The van der Waals surface area contributed by atoms with Gasteiger partial charge in [-0.3, -0.25) is 9.89 Å². The van der Waals surface area contributed by atoms with Crippen molar-refractivity contribution >= 4 is 15.9 Å². The Labute approximate surface area is 124 Å². The molecule has 0 fully saturated rings. The van der Waals surface area contributed by atoms with E-state index in [2.05, 4.69) is 10.2 Å². The van der Waals surface area contributed by atoms with E-state index in [1.54, 1.807) is 6.92 Å². The molecule has 0 aliphatic carbocycles. The highest BCUT2D eigenvalue weighted by Crippen LogP contribution is 2.19. The first-order valence-corrected chi connectivity index (χ1v) is 8.29. The predicted molar refractivity (Wildman–Crippen MR) is 77.4 cm³/mol. The highest BCUT2D eigenvalue weighted by atomic mass is 32.2. The number of methoxy groups -OCH3 is 1.